The normalized spacial score (nSPS) is 11.6. The summed E-state index contributed by atoms with van der Waals surface area (Å²) in [6, 6.07) is 40.8. The molecule has 0 saturated heterocycles. The van der Waals surface area contributed by atoms with E-state index in [0.29, 0.717) is 23.1 Å². The predicted octanol–water partition coefficient (Wildman–Crippen LogP) is 9.73. The zero-order valence-electron chi connectivity index (χ0n) is 23.3. The van der Waals surface area contributed by atoms with Gasteiger partial charge in [-0.15, -0.1) is 0 Å². The van der Waals surface area contributed by atoms with Crippen LogP contribution in [0.3, 0.4) is 0 Å². The minimum absolute atomic E-state index is 0.520. The van der Waals surface area contributed by atoms with Crippen molar-refractivity contribution < 1.29 is 8.83 Å². The van der Waals surface area contributed by atoms with Crippen molar-refractivity contribution in [2.75, 3.05) is 0 Å². The summed E-state index contributed by atoms with van der Waals surface area (Å²) in [6.07, 6.45) is 3.54. The smallest absolute Gasteiger partial charge is 0.166 e. The first kappa shape index (κ1) is 24.5. The summed E-state index contributed by atoms with van der Waals surface area (Å²) < 4.78 is 12.3. The van der Waals surface area contributed by atoms with Crippen molar-refractivity contribution >= 4 is 43.9 Å². The number of furan rings is 2. The van der Waals surface area contributed by atoms with E-state index >= 15 is 0 Å². The van der Waals surface area contributed by atoms with E-state index in [2.05, 4.69) is 53.5 Å². The van der Waals surface area contributed by atoms with Crippen LogP contribution in [-0.2, 0) is 0 Å². The summed E-state index contributed by atoms with van der Waals surface area (Å²) >= 11 is 0. The Labute approximate surface area is 251 Å². The minimum Gasteiger partial charge on any atom is -0.456 e. The molecule has 0 aliphatic heterocycles. The third-order valence-corrected chi connectivity index (χ3v) is 8.05. The second kappa shape index (κ2) is 9.71. The molecule has 0 saturated carbocycles. The first-order valence-electron chi connectivity index (χ1n) is 14.4. The van der Waals surface area contributed by atoms with Crippen molar-refractivity contribution in [3.63, 3.8) is 0 Å². The molecule has 0 fully saturated rings. The third-order valence-electron chi connectivity index (χ3n) is 8.05. The molecule has 4 aromatic heterocycles. The highest BCUT2D eigenvalue weighted by Gasteiger charge is 2.19. The number of rotatable bonds is 4. The van der Waals surface area contributed by atoms with Gasteiger partial charge in [0.1, 0.15) is 16.7 Å². The van der Waals surface area contributed by atoms with E-state index in [4.69, 9.17) is 23.8 Å². The maximum atomic E-state index is 6.20. The van der Waals surface area contributed by atoms with Gasteiger partial charge in [0.05, 0.1) is 6.20 Å². The second-order valence-corrected chi connectivity index (χ2v) is 10.7. The lowest BCUT2D eigenvalue weighted by Crippen LogP contribution is -2.00. The number of para-hydroxylation sites is 2. The van der Waals surface area contributed by atoms with Gasteiger partial charge in [0, 0.05) is 44.4 Å². The third kappa shape index (κ3) is 3.96. The molecule has 0 unspecified atom stereocenters. The molecular weight excluding hydrogens is 544 g/mol. The molecule has 0 aliphatic carbocycles. The molecule has 0 amide bonds. The number of fused-ring (bicyclic) bond motifs is 6. The summed E-state index contributed by atoms with van der Waals surface area (Å²) in [4.78, 5) is 19.5. The molecule has 9 aromatic rings. The molecule has 0 radical (unpaired) electrons. The number of pyridine rings is 1. The molecule has 9 rings (SSSR count). The Morgan fingerprint density at radius 3 is 1.77 bits per heavy atom. The van der Waals surface area contributed by atoms with Crippen LogP contribution in [0.1, 0.15) is 0 Å². The van der Waals surface area contributed by atoms with Gasteiger partial charge in [0.2, 0.25) is 0 Å². The molecule has 0 bridgehead atoms. The van der Waals surface area contributed by atoms with Crippen molar-refractivity contribution in [1.29, 1.82) is 0 Å². The number of hydrogen-bond acceptors (Lipinski definition) is 6. The van der Waals surface area contributed by atoms with Gasteiger partial charge >= 0.3 is 0 Å². The van der Waals surface area contributed by atoms with Crippen molar-refractivity contribution in [3.05, 3.63) is 134 Å². The van der Waals surface area contributed by atoms with E-state index < -0.39 is 0 Å². The SMILES string of the molecule is c1ccc(-c2ccc(-c3nc(-c4ccc5c(c4)oc4ccccc45)nc(-c4cncc5oc6ccccc6c45)n3)cc2)cc1. The molecule has 0 aliphatic rings. The lowest BCUT2D eigenvalue weighted by atomic mass is 10.0. The zero-order valence-corrected chi connectivity index (χ0v) is 23.3. The van der Waals surface area contributed by atoms with Gasteiger partial charge in [-0.2, -0.15) is 0 Å². The fourth-order valence-electron chi connectivity index (χ4n) is 5.91. The monoisotopic (exact) mass is 566 g/mol. The van der Waals surface area contributed by atoms with E-state index in [9.17, 15) is 0 Å². The van der Waals surface area contributed by atoms with Crippen LogP contribution in [0.25, 0.3) is 89.2 Å². The number of nitrogens with zero attached hydrogens (tertiary/aromatic N) is 4. The molecule has 0 spiro atoms. The zero-order chi connectivity index (χ0) is 29.0. The Bertz CT molecular complexity index is 2500. The first-order chi connectivity index (χ1) is 21.8. The maximum Gasteiger partial charge on any atom is 0.166 e. The van der Waals surface area contributed by atoms with Crippen LogP contribution in [0, 0.1) is 0 Å². The molecule has 5 aromatic carbocycles. The number of hydrogen-bond donors (Lipinski definition) is 0. The van der Waals surface area contributed by atoms with Gasteiger partial charge in [-0.25, -0.2) is 15.0 Å². The molecule has 0 N–H and O–H groups in total. The average Bonchev–Trinajstić information content (AvgIpc) is 3.66. The van der Waals surface area contributed by atoms with Gasteiger partial charge in [0.15, 0.2) is 23.1 Å². The number of aromatic nitrogens is 4. The summed E-state index contributed by atoms with van der Waals surface area (Å²) in [7, 11) is 0. The fraction of sp³-hybridized carbons (Fsp3) is 0. The highest BCUT2D eigenvalue weighted by atomic mass is 16.3. The molecule has 44 heavy (non-hydrogen) atoms. The average molecular weight is 567 g/mol. The molecular formula is C38H22N4O2. The van der Waals surface area contributed by atoms with Crippen LogP contribution in [-0.4, -0.2) is 19.9 Å². The van der Waals surface area contributed by atoms with Crippen LogP contribution in [0.4, 0.5) is 0 Å². The fourth-order valence-corrected chi connectivity index (χ4v) is 5.91. The summed E-state index contributed by atoms with van der Waals surface area (Å²) in [5, 5.41) is 4.04. The largest absolute Gasteiger partial charge is 0.456 e. The van der Waals surface area contributed by atoms with E-state index in [1.807, 2.05) is 72.8 Å². The van der Waals surface area contributed by atoms with Crippen LogP contribution in [0.15, 0.2) is 143 Å². The molecule has 206 valence electrons. The lowest BCUT2D eigenvalue weighted by molar-refractivity contribution is 0.667. The summed E-state index contributed by atoms with van der Waals surface area (Å²) in [5.41, 5.74) is 7.88. The van der Waals surface area contributed by atoms with Crippen LogP contribution in [0.2, 0.25) is 0 Å². The molecule has 6 heteroatoms. The Hall–Kier alpha value is -6.14. The minimum atomic E-state index is 0.520. The highest BCUT2D eigenvalue weighted by molar-refractivity contribution is 6.11. The number of benzene rings is 5. The Balaban J connectivity index is 1.25. The van der Waals surface area contributed by atoms with Gasteiger partial charge in [-0.3, -0.25) is 4.98 Å². The van der Waals surface area contributed by atoms with Crippen molar-refractivity contribution in [1.82, 2.24) is 19.9 Å². The standard InChI is InChI=1S/C38H22N4O2/c1-2-8-23(9-3-1)24-14-16-25(17-15-24)36-40-37(26-18-19-28-27-10-4-6-12-31(27)43-33(28)20-26)42-38(41-36)30-21-39-22-34-35(30)29-11-5-7-13-32(29)44-34/h1-22H. The Morgan fingerprint density at radius 1 is 0.386 bits per heavy atom. The Kier molecular flexibility index (Phi) is 5.40. The van der Waals surface area contributed by atoms with Crippen molar-refractivity contribution in [3.8, 4) is 45.3 Å². The van der Waals surface area contributed by atoms with Gasteiger partial charge in [-0.05, 0) is 35.4 Å². The predicted molar refractivity (Wildman–Crippen MR) is 174 cm³/mol. The molecule has 6 nitrogen and oxygen atoms in total. The lowest BCUT2D eigenvalue weighted by Gasteiger charge is -2.10. The summed E-state index contributed by atoms with van der Waals surface area (Å²) in [5.74, 6) is 1.63. The van der Waals surface area contributed by atoms with Gasteiger partial charge in [-0.1, -0.05) is 97.1 Å². The van der Waals surface area contributed by atoms with Crippen LogP contribution >= 0.6 is 0 Å². The first-order valence-corrected chi connectivity index (χ1v) is 14.4. The van der Waals surface area contributed by atoms with Gasteiger partial charge in [0.25, 0.3) is 0 Å². The van der Waals surface area contributed by atoms with E-state index in [0.717, 1.165) is 66.1 Å². The van der Waals surface area contributed by atoms with E-state index in [1.54, 1.807) is 12.4 Å². The Morgan fingerprint density at radius 2 is 0.955 bits per heavy atom. The maximum absolute atomic E-state index is 6.20. The second-order valence-electron chi connectivity index (χ2n) is 10.7. The highest BCUT2D eigenvalue weighted by Crippen LogP contribution is 2.37. The van der Waals surface area contributed by atoms with E-state index in [1.165, 1.54) is 0 Å². The van der Waals surface area contributed by atoms with Crippen molar-refractivity contribution in [2.45, 2.75) is 0 Å². The summed E-state index contributed by atoms with van der Waals surface area (Å²) in [6.45, 7) is 0. The van der Waals surface area contributed by atoms with E-state index in [-0.39, 0.29) is 0 Å². The molecule has 0 atom stereocenters. The van der Waals surface area contributed by atoms with Crippen LogP contribution < -0.4 is 0 Å². The quantitative estimate of drug-likeness (QED) is 0.211. The topological polar surface area (TPSA) is 77.8 Å². The van der Waals surface area contributed by atoms with Crippen LogP contribution in [0.5, 0.6) is 0 Å². The molecule has 4 heterocycles. The van der Waals surface area contributed by atoms with Crippen molar-refractivity contribution in [2.24, 2.45) is 0 Å². The van der Waals surface area contributed by atoms with Gasteiger partial charge < -0.3 is 8.83 Å².